The molecule has 2 rings (SSSR count). The first-order chi connectivity index (χ1) is 5.22. The number of primary amides is 1. The quantitative estimate of drug-likeness (QED) is 0.608. The van der Waals surface area contributed by atoms with E-state index in [1.165, 1.54) is 25.7 Å². The van der Waals surface area contributed by atoms with Gasteiger partial charge in [0.25, 0.3) is 0 Å². The monoisotopic (exact) mass is 153 g/mol. The second-order valence-corrected chi connectivity index (χ2v) is 4.20. The normalized spacial score (nSPS) is 33.6. The maximum absolute atomic E-state index is 10.9. The third-order valence-electron chi connectivity index (χ3n) is 3.30. The minimum absolute atomic E-state index is 0.0732. The molecule has 0 aromatic carbocycles. The lowest BCUT2D eigenvalue weighted by Crippen LogP contribution is -2.29. The van der Waals surface area contributed by atoms with Crippen LogP contribution in [0.4, 0.5) is 0 Å². The van der Waals surface area contributed by atoms with Gasteiger partial charge in [-0.1, -0.05) is 6.42 Å². The lowest BCUT2D eigenvalue weighted by molar-refractivity contribution is -0.123. The molecule has 2 N–H and O–H groups in total. The highest BCUT2D eigenvalue weighted by atomic mass is 16.1. The molecule has 0 saturated heterocycles. The highest BCUT2D eigenvalue weighted by Gasteiger charge is 2.46. The van der Waals surface area contributed by atoms with E-state index in [0.29, 0.717) is 5.41 Å². The van der Waals surface area contributed by atoms with Crippen LogP contribution in [0.1, 0.15) is 38.5 Å². The van der Waals surface area contributed by atoms with E-state index < -0.39 is 0 Å². The fraction of sp³-hybridized carbons (Fsp3) is 0.889. The second-order valence-electron chi connectivity index (χ2n) is 4.20. The van der Waals surface area contributed by atoms with Gasteiger partial charge in [-0.3, -0.25) is 4.79 Å². The van der Waals surface area contributed by atoms with Gasteiger partial charge in [0.15, 0.2) is 0 Å². The van der Waals surface area contributed by atoms with Crippen molar-refractivity contribution < 1.29 is 4.79 Å². The van der Waals surface area contributed by atoms with Crippen molar-refractivity contribution in [3.05, 3.63) is 0 Å². The molecule has 0 heterocycles. The molecule has 0 unspecified atom stereocenters. The Bertz CT molecular complexity index is 184. The Morgan fingerprint density at radius 1 is 1.36 bits per heavy atom. The standard InChI is InChI=1S/C9H15NO/c10-8(11)7-2-1-3-9(6-7)4-5-9/h7H,1-6H2,(H2,10,11)/t7-/m0/s1. The van der Waals surface area contributed by atoms with E-state index in [2.05, 4.69) is 0 Å². The zero-order valence-corrected chi connectivity index (χ0v) is 6.81. The van der Waals surface area contributed by atoms with Crippen molar-refractivity contribution in [2.45, 2.75) is 38.5 Å². The van der Waals surface area contributed by atoms with E-state index in [-0.39, 0.29) is 11.8 Å². The van der Waals surface area contributed by atoms with Gasteiger partial charge in [0.2, 0.25) is 5.91 Å². The maximum Gasteiger partial charge on any atom is 0.220 e. The van der Waals surface area contributed by atoms with E-state index in [1.807, 2.05) is 0 Å². The number of amides is 1. The lowest BCUT2D eigenvalue weighted by atomic mass is 9.79. The molecule has 0 aromatic rings. The van der Waals surface area contributed by atoms with Crippen molar-refractivity contribution >= 4 is 5.91 Å². The fourth-order valence-electron chi connectivity index (χ4n) is 2.32. The topological polar surface area (TPSA) is 43.1 Å². The summed E-state index contributed by atoms with van der Waals surface area (Å²) in [5, 5.41) is 0. The Morgan fingerprint density at radius 2 is 2.09 bits per heavy atom. The van der Waals surface area contributed by atoms with Crippen molar-refractivity contribution in [3.63, 3.8) is 0 Å². The average molecular weight is 153 g/mol. The minimum atomic E-state index is -0.0732. The molecule has 0 aromatic heterocycles. The molecule has 2 fully saturated rings. The SMILES string of the molecule is NC(=O)[C@H]1CCCC2(CC2)C1. The number of nitrogens with two attached hydrogens (primary N) is 1. The van der Waals surface area contributed by atoms with Gasteiger partial charge in [0, 0.05) is 5.92 Å². The van der Waals surface area contributed by atoms with Crippen molar-refractivity contribution in [1.82, 2.24) is 0 Å². The molecular formula is C9H15NO. The molecule has 2 heteroatoms. The predicted octanol–water partition coefficient (Wildman–Crippen LogP) is 1.44. The number of rotatable bonds is 1. The Labute approximate surface area is 67.1 Å². The largest absolute Gasteiger partial charge is 0.369 e. The number of carbonyl (C=O) groups is 1. The zero-order chi connectivity index (χ0) is 7.90. The van der Waals surface area contributed by atoms with Crippen LogP contribution in [0.5, 0.6) is 0 Å². The molecule has 0 bridgehead atoms. The van der Waals surface area contributed by atoms with Crippen LogP contribution in [0.2, 0.25) is 0 Å². The summed E-state index contributed by atoms with van der Waals surface area (Å²) in [5.74, 6) is 0.127. The van der Waals surface area contributed by atoms with E-state index in [1.54, 1.807) is 0 Å². The first kappa shape index (κ1) is 7.14. The van der Waals surface area contributed by atoms with Crippen LogP contribution >= 0.6 is 0 Å². The maximum atomic E-state index is 10.9. The van der Waals surface area contributed by atoms with E-state index in [4.69, 9.17) is 5.73 Å². The predicted molar refractivity (Wildman–Crippen MR) is 42.8 cm³/mol. The second kappa shape index (κ2) is 2.23. The third kappa shape index (κ3) is 1.26. The molecule has 2 saturated carbocycles. The van der Waals surface area contributed by atoms with Crippen molar-refractivity contribution in [2.24, 2.45) is 17.1 Å². The molecule has 0 radical (unpaired) electrons. The summed E-state index contributed by atoms with van der Waals surface area (Å²) in [5.41, 5.74) is 5.86. The highest BCUT2D eigenvalue weighted by molar-refractivity contribution is 5.76. The first-order valence-electron chi connectivity index (χ1n) is 4.51. The molecule has 1 spiro atoms. The molecule has 2 aliphatic carbocycles. The van der Waals surface area contributed by atoms with Crippen LogP contribution in [0.3, 0.4) is 0 Å². The van der Waals surface area contributed by atoms with E-state index in [9.17, 15) is 4.79 Å². The van der Waals surface area contributed by atoms with Gasteiger partial charge >= 0.3 is 0 Å². The Kier molecular flexibility index (Phi) is 1.44. The van der Waals surface area contributed by atoms with E-state index >= 15 is 0 Å². The summed E-state index contributed by atoms with van der Waals surface area (Å²) in [4.78, 5) is 10.9. The molecule has 2 aliphatic rings. The summed E-state index contributed by atoms with van der Waals surface area (Å²) < 4.78 is 0. The van der Waals surface area contributed by atoms with Gasteiger partial charge in [-0.15, -0.1) is 0 Å². The van der Waals surface area contributed by atoms with Gasteiger partial charge in [0.05, 0.1) is 0 Å². The molecule has 2 nitrogen and oxygen atoms in total. The summed E-state index contributed by atoms with van der Waals surface area (Å²) in [6.45, 7) is 0. The molecule has 62 valence electrons. The van der Waals surface area contributed by atoms with Crippen LogP contribution in [0.15, 0.2) is 0 Å². The highest BCUT2D eigenvalue weighted by Crippen LogP contribution is 2.57. The van der Waals surface area contributed by atoms with Crippen LogP contribution in [0, 0.1) is 11.3 Å². The van der Waals surface area contributed by atoms with Gasteiger partial charge in [-0.2, -0.15) is 0 Å². The summed E-state index contributed by atoms with van der Waals surface area (Å²) in [6.07, 6.45) is 7.37. The van der Waals surface area contributed by atoms with Gasteiger partial charge in [-0.25, -0.2) is 0 Å². The van der Waals surface area contributed by atoms with Crippen LogP contribution in [-0.4, -0.2) is 5.91 Å². The Morgan fingerprint density at radius 3 is 2.64 bits per heavy atom. The minimum Gasteiger partial charge on any atom is -0.369 e. The zero-order valence-electron chi connectivity index (χ0n) is 6.81. The molecule has 1 atom stereocenters. The van der Waals surface area contributed by atoms with Crippen molar-refractivity contribution in [2.75, 3.05) is 0 Å². The Balaban J connectivity index is 1.98. The van der Waals surface area contributed by atoms with Gasteiger partial charge in [0.1, 0.15) is 0 Å². The lowest BCUT2D eigenvalue weighted by Gasteiger charge is -2.26. The van der Waals surface area contributed by atoms with Crippen molar-refractivity contribution in [1.29, 1.82) is 0 Å². The molecule has 1 amide bonds. The van der Waals surface area contributed by atoms with Gasteiger partial charge < -0.3 is 5.73 Å². The molecule has 11 heavy (non-hydrogen) atoms. The van der Waals surface area contributed by atoms with Crippen LogP contribution in [0.25, 0.3) is 0 Å². The molecular weight excluding hydrogens is 138 g/mol. The van der Waals surface area contributed by atoms with Crippen LogP contribution in [-0.2, 0) is 4.79 Å². The van der Waals surface area contributed by atoms with E-state index in [0.717, 1.165) is 12.8 Å². The molecule has 0 aliphatic heterocycles. The average Bonchev–Trinajstić information content (AvgIpc) is 2.69. The Hall–Kier alpha value is -0.530. The summed E-state index contributed by atoms with van der Waals surface area (Å²) in [6, 6.07) is 0. The van der Waals surface area contributed by atoms with Crippen molar-refractivity contribution in [3.8, 4) is 0 Å². The third-order valence-corrected chi connectivity index (χ3v) is 3.30. The first-order valence-corrected chi connectivity index (χ1v) is 4.51. The smallest absolute Gasteiger partial charge is 0.220 e. The van der Waals surface area contributed by atoms with Gasteiger partial charge in [-0.05, 0) is 37.5 Å². The fourth-order valence-corrected chi connectivity index (χ4v) is 2.32. The summed E-state index contributed by atoms with van der Waals surface area (Å²) in [7, 11) is 0. The number of carbonyl (C=O) groups excluding carboxylic acids is 1. The number of hydrogen-bond donors (Lipinski definition) is 1. The van der Waals surface area contributed by atoms with Crippen LogP contribution < -0.4 is 5.73 Å². The summed E-state index contributed by atoms with van der Waals surface area (Å²) >= 11 is 0. The number of hydrogen-bond acceptors (Lipinski definition) is 1.